The summed E-state index contributed by atoms with van der Waals surface area (Å²) in [5.41, 5.74) is -0.370. The number of thiazole rings is 1. The van der Waals surface area contributed by atoms with Gasteiger partial charge in [-0.1, -0.05) is 11.3 Å². The molecule has 108 valence electrons. The average molecular weight is 381 g/mol. The summed E-state index contributed by atoms with van der Waals surface area (Å²) >= 11 is 4.23. The highest BCUT2D eigenvalue weighted by Gasteiger charge is 2.31. The second-order valence-electron chi connectivity index (χ2n) is 3.80. The molecule has 0 amide bonds. The first kappa shape index (κ1) is 15.0. The number of carboxylic acids is 1. The van der Waals surface area contributed by atoms with Gasteiger partial charge in [0.2, 0.25) is 0 Å². The number of anilines is 1. The predicted octanol–water partition coefficient (Wildman–Crippen LogP) is 2.61. The van der Waals surface area contributed by atoms with Crippen molar-refractivity contribution < 1.29 is 22.7 Å². The fourth-order valence-electron chi connectivity index (χ4n) is 1.70. The molecule has 0 unspecified atom stereocenters. The van der Waals surface area contributed by atoms with Gasteiger partial charge in [-0.15, -0.1) is 0 Å². The summed E-state index contributed by atoms with van der Waals surface area (Å²) < 4.78 is 32.6. The van der Waals surface area contributed by atoms with E-state index in [0.29, 0.717) is 3.79 Å². The normalized spacial score (nSPS) is 11.6. The SMILES string of the molecule is Cc1oc(C)c(S(=O)(=O)Nc2ncc(Br)s2)c1C(=O)O. The van der Waals surface area contributed by atoms with Gasteiger partial charge < -0.3 is 9.52 Å². The van der Waals surface area contributed by atoms with Crippen molar-refractivity contribution in [2.75, 3.05) is 4.72 Å². The quantitative estimate of drug-likeness (QED) is 0.843. The van der Waals surface area contributed by atoms with Crippen molar-refractivity contribution in [3.63, 3.8) is 0 Å². The van der Waals surface area contributed by atoms with E-state index in [1.165, 1.54) is 20.0 Å². The zero-order valence-electron chi connectivity index (χ0n) is 10.3. The molecular weight excluding hydrogens is 372 g/mol. The average Bonchev–Trinajstić information content (AvgIpc) is 2.81. The van der Waals surface area contributed by atoms with Crippen molar-refractivity contribution in [3.05, 3.63) is 27.1 Å². The van der Waals surface area contributed by atoms with Crippen molar-refractivity contribution in [2.45, 2.75) is 18.7 Å². The molecule has 0 saturated carbocycles. The number of hydrogen-bond donors (Lipinski definition) is 2. The van der Waals surface area contributed by atoms with Crippen molar-refractivity contribution >= 4 is 48.4 Å². The Morgan fingerprint density at radius 1 is 1.45 bits per heavy atom. The lowest BCUT2D eigenvalue weighted by Gasteiger charge is -2.05. The van der Waals surface area contributed by atoms with Gasteiger partial charge in [0, 0.05) is 0 Å². The van der Waals surface area contributed by atoms with Gasteiger partial charge in [0.05, 0.1) is 9.98 Å². The van der Waals surface area contributed by atoms with Gasteiger partial charge in [-0.05, 0) is 29.8 Å². The van der Waals surface area contributed by atoms with Crippen LogP contribution in [0.2, 0.25) is 0 Å². The predicted molar refractivity (Wildman–Crippen MR) is 75.8 cm³/mol. The van der Waals surface area contributed by atoms with Crippen molar-refractivity contribution in [1.82, 2.24) is 4.98 Å². The number of nitrogens with one attached hydrogen (secondary N) is 1. The van der Waals surface area contributed by atoms with Crippen LogP contribution in [0.3, 0.4) is 0 Å². The van der Waals surface area contributed by atoms with Crippen LogP contribution in [-0.2, 0) is 10.0 Å². The standard InChI is InChI=1S/C10H9BrN2O5S2/c1-4-7(9(14)15)8(5(2)18-4)20(16,17)13-10-12-3-6(11)19-10/h3H,1-2H3,(H,12,13)(H,14,15). The molecule has 0 aromatic carbocycles. The van der Waals surface area contributed by atoms with E-state index in [1.807, 2.05) is 0 Å². The van der Waals surface area contributed by atoms with Gasteiger partial charge in [-0.3, -0.25) is 4.72 Å². The summed E-state index contributed by atoms with van der Waals surface area (Å²) in [7, 11) is -4.08. The highest BCUT2D eigenvalue weighted by molar-refractivity contribution is 9.11. The van der Waals surface area contributed by atoms with Crippen LogP contribution in [0.5, 0.6) is 0 Å². The van der Waals surface area contributed by atoms with Gasteiger partial charge in [0.15, 0.2) is 5.13 Å². The molecule has 20 heavy (non-hydrogen) atoms. The fraction of sp³-hybridized carbons (Fsp3) is 0.200. The van der Waals surface area contributed by atoms with Crippen molar-refractivity contribution in [2.24, 2.45) is 0 Å². The highest BCUT2D eigenvalue weighted by Crippen LogP contribution is 2.30. The maximum atomic E-state index is 12.3. The van der Waals surface area contributed by atoms with E-state index in [-0.39, 0.29) is 27.1 Å². The maximum Gasteiger partial charge on any atom is 0.340 e. The summed E-state index contributed by atoms with van der Waals surface area (Å²) in [6.45, 7) is 2.79. The van der Waals surface area contributed by atoms with Crippen LogP contribution < -0.4 is 4.72 Å². The molecule has 2 heterocycles. The van der Waals surface area contributed by atoms with Gasteiger partial charge in [0.1, 0.15) is 22.0 Å². The largest absolute Gasteiger partial charge is 0.478 e. The monoisotopic (exact) mass is 380 g/mol. The molecule has 0 bridgehead atoms. The van der Waals surface area contributed by atoms with Crippen LogP contribution in [-0.4, -0.2) is 24.5 Å². The molecule has 2 aromatic heterocycles. The van der Waals surface area contributed by atoms with E-state index in [0.717, 1.165) is 11.3 Å². The summed E-state index contributed by atoms with van der Waals surface area (Å²) in [5, 5.41) is 9.25. The summed E-state index contributed by atoms with van der Waals surface area (Å²) in [5.74, 6) is -1.31. The van der Waals surface area contributed by atoms with E-state index in [2.05, 4.69) is 25.6 Å². The fourth-order valence-corrected chi connectivity index (χ4v) is 4.46. The van der Waals surface area contributed by atoms with Gasteiger partial charge in [-0.25, -0.2) is 18.2 Å². The topological polar surface area (TPSA) is 110 Å². The second-order valence-corrected chi connectivity index (χ2v) is 7.83. The lowest BCUT2D eigenvalue weighted by molar-refractivity contribution is 0.0691. The van der Waals surface area contributed by atoms with Crippen molar-refractivity contribution in [3.8, 4) is 0 Å². The minimum Gasteiger partial charge on any atom is -0.478 e. The summed E-state index contributed by atoms with van der Waals surface area (Å²) in [6.07, 6.45) is 1.44. The molecule has 7 nitrogen and oxygen atoms in total. The van der Waals surface area contributed by atoms with E-state index >= 15 is 0 Å². The number of rotatable bonds is 4. The maximum absolute atomic E-state index is 12.3. The molecule has 2 rings (SSSR count). The number of sulfonamides is 1. The molecule has 0 saturated heterocycles. The molecule has 0 spiro atoms. The van der Waals surface area contributed by atoms with Crippen LogP contribution in [0.15, 0.2) is 19.3 Å². The van der Waals surface area contributed by atoms with Gasteiger partial charge in [-0.2, -0.15) is 0 Å². The number of carboxylic acid groups (broad SMARTS) is 1. The zero-order valence-corrected chi connectivity index (χ0v) is 13.5. The number of hydrogen-bond acceptors (Lipinski definition) is 6. The molecule has 0 radical (unpaired) electrons. The van der Waals surface area contributed by atoms with Crippen LogP contribution >= 0.6 is 27.3 Å². The van der Waals surface area contributed by atoms with E-state index < -0.39 is 16.0 Å². The zero-order chi connectivity index (χ0) is 15.1. The molecule has 2 aromatic rings. The Hall–Kier alpha value is -1.39. The van der Waals surface area contributed by atoms with E-state index in [9.17, 15) is 13.2 Å². The number of nitrogens with zero attached hydrogens (tertiary/aromatic N) is 1. The smallest absolute Gasteiger partial charge is 0.340 e. The van der Waals surface area contributed by atoms with Gasteiger partial charge in [0.25, 0.3) is 10.0 Å². The number of carbonyl (C=O) groups is 1. The minimum absolute atomic E-state index is 0.0167. The first-order valence-corrected chi connectivity index (χ1v) is 8.29. The molecular formula is C10H9BrN2O5S2. The third-order valence-electron chi connectivity index (χ3n) is 2.39. The van der Waals surface area contributed by atoms with Crippen molar-refractivity contribution in [1.29, 1.82) is 0 Å². The molecule has 0 atom stereocenters. The Kier molecular flexibility index (Phi) is 3.89. The minimum atomic E-state index is -4.08. The number of furan rings is 1. The molecule has 0 fully saturated rings. The van der Waals surface area contributed by atoms with Crippen LogP contribution in [0.4, 0.5) is 5.13 Å². The van der Waals surface area contributed by atoms with E-state index in [4.69, 9.17) is 9.52 Å². The van der Waals surface area contributed by atoms with Crippen LogP contribution in [0, 0.1) is 13.8 Å². The third-order valence-corrected chi connectivity index (χ3v) is 5.40. The Labute approximate surface area is 126 Å². The van der Waals surface area contributed by atoms with Crippen LogP contribution in [0.25, 0.3) is 0 Å². The number of aryl methyl sites for hydroxylation is 2. The second kappa shape index (κ2) is 5.19. The van der Waals surface area contributed by atoms with E-state index in [1.54, 1.807) is 0 Å². The Balaban J connectivity index is 2.52. The molecule has 0 aliphatic rings. The molecule has 2 N–H and O–H groups in total. The number of aromatic nitrogens is 1. The number of aromatic carboxylic acids is 1. The summed E-state index contributed by atoms with van der Waals surface area (Å²) in [4.78, 5) is 14.6. The molecule has 10 heteroatoms. The van der Waals surface area contributed by atoms with Gasteiger partial charge >= 0.3 is 5.97 Å². The molecule has 0 aliphatic heterocycles. The number of halogens is 1. The Morgan fingerprint density at radius 3 is 2.60 bits per heavy atom. The first-order chi connectivity index (χ1) is 9.22. The first-order valence-electron chi connectivity index (χ1n) is 5.20. The lowest BCUT2D eigenvalue weighted by Crippen LogP contribution is -2.16. The highest BCUT2D eigenvalue weighted by atomic mass is 79.9. The third kappa shape index (κ3) is 2.72. The summed E-state index contributed by atoms with van der Waals surface area (Å²) in [6, 6.07) is 0. The lowest BCUT2D eigenvalue weighted by atomic mass is 10.2. The molecule has 0 aliphatic carbocycles. The van der Waals surface area contributed by atoms with Crippen LogP contribution in [0.1, 0.15) is 21.9 Å². The Bertz CT molecular complexity index is 778. The Morgan fingerprint density at radius 2 is 2.10 bits per heavy atom.